The Kier molecular flexibility index (Phi) is 7.23. The largest absolute Gasteiger partial charge is 0.454 e. The molecule has 43 heavy (non-hydrogen) atoms. The van der Waals surface area contributed by atoms with Gasteiger partial charge in [0.25, 0.3) is 5.91 Å². The standard InChI is InChI=1S/C30H27F3N8O2/c1-36-30(9-10-30)13-17(14-34)29(42)40-11-3-4-18(15-40)41-28-24(27(35)37-16-38-28)26(39-41)20-8-7-19(12-22(20)32)43-23-6-2-5-21(31)25(23)33/h2,5-8,12-13,16,18,36H,3-4,9-11,15H2,1H3,(H2,35,37,38)/t18-/m0/s1. The van der Waals surface area contributed by atoms with E-state index in [1.54, 1.807) is 15.7 Å². The molecular weight excluding hydrogens is 561 g/mol. The van der Waals surface area contributed by atoms with Gasteiger partial charge in [-0.25, -0.2) is 23.4 Å². The van der Waals surface area contributed by atoms with Crippen LogP contribution in [0.2, 0.25) is 0 Å². The maximum absolute atomic E-state index is 15.5. The van der Waals surface area contributed by atoms with E-state index in [2.05, 4.69) is 21.4 Å². The highest BCUT2D eigenvalue weighted by Crippen LogP contribution is 2.39. The van der Waals surface area contributed by atoms with E-state index in [-0.39, 0.29) is 58.2 Å². The number of nitrogens with zero attached hydrogens (tertiary/aromatic N) is 6. The number of carbonyl (C=O) groups is 1. The molecule has 220 valence electrons. The van der Waals surface area contributed by atoms with Crippen LogP contribution in [0.15, 0.2) is 54.4 Å². The zero-order valence-corrected chi connectivity index (χ0v) is 23.1. The van der Waals surface area contributed by atoms with Crippen LogP contribution >= 0.6 is 0 Å². The van der Waals surface area contributed by atoms with Crippen molar-refractivity contribution >= 4 is 22.8 Å². The van der Waals surface area contributed by atoms with E-state index in [0.29, 0.717) is 30.4 Å². The molecule has 1 aliphatic carbocycles. The summed E-state index contributed by atoms with van der Waals surface area (Å²) in [6.07, 6.45) is 6.03. The summed E-state index contributed by atoms with van der Waals surface area (Å²) in [4.78, 5) is 23.4. The molecule has 0 unspecified atom stereocenters. The molecule has 6 rings (SSSR count). The Labute approximate surface area is 244 Å². The number of piperidine rings is 1. The number of aromatic nitrogens is 4. The first-order chi connectivity index (χ1) is 20.7. The van der Waals surface area contributed by atoms with Crippen molar-refractivity contribution in [3.05, 3.63) is 71.8 Å². The second-order valence-electron chi connectivity index (χ2n) is 10.7. The SMILES string of the molecule is CNC1(C=C(C#N)C(=O)N2CCC[C@H](n3nc(-c4ccc(Oc5cccc(F)c5F)cc4F)c4c(N)ncnc43)C2)CC1. The Morgan fingerprint density at radius 3 is 2.74 bits per heavy atom. The van der Waals surface area contributed by atoms with Crippen molar-refractivity contribution < 1.29 is 22.7 Å². The number of hydrogen-bond acceptors (Lipinski definition) is 8. The molecule has 1 saturated heterocycles. The molecule has 0 spiro atoms. The first-order valence-electron chi connectivity index (χ1n) is 13.7. The highest BCUT2D eigenvalue weighted by molar-refractivity contribution is 5.99. The van der Waals surface area contributed by atoms with Crippen molar-refractivity contribution in [1.29, 1.82) is 5.26 Å². The van der Waals surface area contributed by atoms with E-state index >= 15 is 4.39 Å². The van der Waals surface area contributed by atoms with Crippen LogP contribution in [0.5, 0.6) is 11.5 Å². The van der Waals surface area contributed by atoms with Crippen molar-refractivity contribution in [2.45, 2.75) is 37.3 Å². The summed E-state index contributed by atoms with van der Waals surface area (Å²) in [5.74, 6) is -3.71. The van der Waals surface area contributed by atoms with Gasteiger partial charge >= 0.3 is 0 Å². The number of nitrogens with one attached hydrogen (secondary N) is 1. The lowest BCUT2D eigenvalue weighted by Gasteiger charge is -2.33. The van der Waals surface area contributed by atoms with Crippen molar-refractivity contribution in [3.8, 4) is 28.8 Å². The lowest BCUT2D eigenvalue weighted by molar-refractivity contribution is -0.128. The fraction of sp³-hybridized carbons (Fsp3) is 0.300. The van der Waals surface area contributed by atoms with Crippen LogP contribution in [0.25, 0.3) is 22.3 Å². The van der Waals surface area contributed by atoms with Gasteiger partial charge < -0.3 is 20.7 Å². The Morgan fingerprint density at radius 2 is 2.02 bits per heavy atom. The number of nitrogen functional groups attached to an aromatic ring is 1. The molecule has 1 saturated carbocycles. The van der Waals surface area contributed by atoms with Gasteiger partial charge in [-0.2, -0.15) is 14.8 Å². The van der Waals surface area contributed by atoms with Crippen LogP contribution in [0.3, 0.4) is 0 Å². The number of likely N-dealkylation sites (N-methyl/N-ethyl adjacent to an activating group) is 1. The van der Waals surface area contributed by atoms with E-state index in [1.165, 1.54) is 30.6 Å². The summed E-state index contributed by atoms with van der Waals surface area (Å²) in [6.45, 7) is 0.741. The molecule has 1 amide bonds. The zero-order chi connectivity index (χ0) is 30.3. The van der Waals surface area contributed by atoms with Gasteiger partial charge in [-0.05, 0) is 63.1 Å². The van der Waals surface area contributed by atoms with Gasteiger partial charge in [0.15, 0.2) is 17.2 Å². The van der Waals surface area contributed by atoms with Crippen molar-refractivity contribution in [1.82, 2.24) is 30.0 Å². The number of halogens is 3. The molecule has 10 nitrogen and oxygen atoms in total. The highest BCUT2D eigenvalue weighted by Gasteiger charge is 2.40. The van der Waals surface area contributed by atoms with Crippen LogP contribution < -0.4 is 15.8 Å². The highest BCUT2D eigenvalue weighted by atomic mass is 19.2. The normalized spacial score (nSPS) is 18.0. The lowest BCUT2D eigenvalue weighted by Crippen LogP contribution is -2.42. The molecule has 0 radical (unpaired) electrons. The van der Waals surface area contributed by atoms with Crippen LogP contribution in [-0.2, 0) is 4.79 Å². The molecule has 2 aromatic carbocycles. The molecule has 2 aliphatic rings. The summed E-state index contributed by atoms with van der Waals surface area (Å²) >= 11 is 0. The summed E-state index contributed by atoms with van der Waals surface area (Å²) in [6, 6.07) is 9.04. The first kappa shape index (κ1) is 28.2. The van der Waals surface area contributed by atoms with Gasteiger partial charge in [0, 0.05) is 30.3 Å². The Hall–Kier alpha value is -4.96. The van der Waals surface area contributed by atoms with E-state index < -0.39 is 17.5 Å². The topological polar surface area (TPSA) is 135 Å². The Bertz CT molecular complexity index is 1810. The summed E-state index contributed by atoms with van der Waals surface area (Å²) in [7, 11) is 1.81. The molecule has 4 aromatic rings. The number of rotatable bonds is 7. The Balaban J connectivity index is 1.32. The molecule has 1 aliphatic heterocycles. The molecule has 1 atom stereocenters. The quantitative estimate of drug-likeness (QED) is 0.235. The number of carbonyl (C=O) groups excluding carboxylic acids is 1. The lowest BCUT2D eigenvalue weighted by atomic mass is 10.0. The fourth-order valence-electron chi connectivity index (χ4n) is 5.41. The van der Waals surface area contributed by atoms with Gasteiger partial charge in [0.2, 0.25) is 5.82 Å². The first-order valence-corrected chi connectivity index (χ1v) is 13.7. The summed E-state index contributed by atoms with van der Waals surface area (Å²) in [5, 5.41) is 17.9. The average Bonchev–Trinajstić information content (AvgIpc) is 3.69. The molecular formula is C30H27F3N8O2. The third kappa shape index (κ3) is 5.25. The molecule has 0 bridgehead atoms. The van der Waals surface area contributed by atoms with Gasteiger partial charge in [-0.15, -0.1) is 0 Å². The average molecular weight is 589 g/mol. The predicted octanol–water partition coefficient (Wildman–Crippen LogP) is 4.65. The van der Waals surface area contributed by atoms with Gasteiger partial charge in [-0.3, -0.25) is 4.79 Å². The molecule has 3 N–H and O–H groups in total. The number of nitrogens with two attached hydrogens (primary N) is 1. The van der Waals surface area contributed by atoms with Crippen molar-refractivity contribution in [2.75, 3.05) is 25.9 Å². The fourth-order valence-corrected chi connectivity index (χ4v) is 5.41. The predicted molar refractivity (Wildman–Crippen MR) is 151 cm³/mol. The summed E-state index contributed by atoms with van der Waals surface area (Å²) < 4.78 is 50.2. The van der Waals surface area contributed by atoms with Crippen LogP contribution in [0.1, 0.15) is 31.7 Å². The second-order valence-corrected chi connectivity index (χ2v) is 10.7. The van der Waals surface area contributed by atoms with Crippen LogP contribution in [-0.4, -0.2) is 56.2 Å². The number of likely N-dealkylation sites (tertiary alicyclic amines) is 1. The monoisotopic (exact) mass is 588 g/mol. The van der Waals surface area contributed by atoms with E-state index in [1.807, 2.05) is 7.05 Å². The van der Waals surface area contributed by atoms with Crippen LogP contribution in [0.4, 0.5) is 19.0 Å². The third-order valence-corrected chi connectivity index (χ3v) is 7.95. The van der Waals surface area contributed by atoms with E-state index in [0.717, 1.165) is 25.0 Å². The Morgan fingerprint density at radius 1 is 1.21 bits per heavy atom. The third-order valence-electron chi connectivity index (χ3n) is 7.95. The van der Waals surface area contributed by atoms with Crippen LogP contribution in [0, 0.1) is 28.8 Å². The maximum Gasteiger partial charge on any atom is 0.264 e. The number of benzene rings is 2. The second kappa shape index (κ2) is 11.0. The number of ether oxygens (including phenoxy) is 1. The maximum atomic E-state index is 15.5. The minimum absolute atomic E-state index is 0.0484. The van der Waals surface area contributed by atoms with Crippen molar-refractivity contribution in [2.24, 2.45) is 0 Å². The van der Waals surface area contributed by atoms with Gasteiger partial charge in [-0.1, -0.05) is 6.07 Å². The van der Waals surface area contributed by atoms with Gasteiger partial charge in [0.05, 0.1) is 11.4 Å². The molecule has 2 aromatic heterocycles. The molecule has 2 fully saturated rings. The minimum Gasteiger partial charge on any atom is -0.454 e. The van der Waals surface area contributed by atoms with Crippen molar-refractivity contribution in [3.63, 3.8) is 0 Å². The van der Waals surface area contributed by atoms with Gasteiger partial charge in [0.1, 0.15) is 41.0 Å². The number of fused-ring (bicyclic) bond motifs is 1. The number of hydrogen-bond donors (Lipinski definition) is 2. The number of nitriles is 1. The summed E-state index contributed by atoms with van der Waals surface area (Å²) in [5.41, 5.74) is 6.61. The van der Waals surface area contributed by atoms with E-state index in [9.17, 15) is 18.8 Å². The minimum atomic E-state index is -1.19. The number of anilines is 1. The smallest absolute Gasteiger partial charge is 0.264 e. The molecule has 3 heterocycles. The van der Waals surface area contributed by atoms with E-state index in [4.69, 9.17) is 15.6 Å². The molecule has 13 heteroatoms. The zero-order valence-electron chi connectivity index (χ0n) is 23.1. The number of amides is 1.